The second-order valence-electron chi connectivity index (χ2n) is 10.4. The highest BCUT2D eigenvalue weighted by atomic mass is 16.5. The van der Waals surface area contributed by atoms with Crippen LogP contribution >= 0.6 is 0 Å². The smallest absolute Gasteiger partial charge is 0.292 e. The molecule has 0 aromatic carbocycles. The minimum absolute atomic E-state index is 0.0650. The minimum Gasteiger partial charge on any atom is -0.354 e. The van der Waals surface area contributed by atoms with Crippen LogP contribution in [0.15, 0.2) is 35.4 Å². The Morgan fingerprint density at radius 3 is 2.76 bits per heavy atom. The number of rotatable bonds is 5. The monoisotopic (exact) mass is 463 g/mol. The van der Waals surface area contributed by atoms with Crippen molar-refractivity contribution in [1.82, 2.24) is 39.8 Å². The zero-order chi connectivity index (χ0) is 24.1. The summed E-state index contributed by atoms with van der Waals surface area (Å²) in [7, 11) is 1.88. The quantitative estimate of drug-likeness (QED) is 0.479. The van der Waals surface area contributed by atoms with Gasteiger partial charge in [0.15, 0.2) is 5.82 Å². The van der Waals surface area contributed by atoms with E-state index in [-0.39, 0.29) is 22.6 Å². The average molecular weight is 464 g/mol. The summed E-state index contributed by atoms with van der Waals surface area (Å²) in [5.41, 5.74) is 2.26. The van der Waals surface area contributed by atoms with Gasteiger partial charge in [0.1, 0.15) is 5.52 Å². The molecule has 178 valence electrons. The van der Waals surface area contributed by atoms with Crippen molar-refractivity contribution >= 4 is 17.2 Å². The number of anilines is 1. The number of carbonyl (C=O) groups excluding carboxylic acids is 1. The molecule has 0 bridgehead atoms. The van der Waals surface area contributed by atoms with Crippen LogP contribution in [-0.4, -0.2) is 60.1 Å². The topological polar surface area (TPSA) is 119 Å². The lowest BCUT2D eigenvalue weighted by atomic mass is 9.90. The number of nitrogens with zero attached hydrogens (tertiary/aromatic N) is 8. The van der Waals surface area contributed by atoms with Gasteiger partial charge in [-0.15, -0.1) is 0 Å². The zero-order valence-corrected chi connectivity index (χ0v) is 20.1. The van der Waals surface area contributed by atoms with E-state index in [9.17, 15) is 4.79 Å². The Morgan fingerprint density at radius 2 is 2.06 bits per heavy atom. The van der Waals surface area contributed by atoms with E-state index >= 15 is 0 Å². The maximum atomic E-state index is 12.6. The van der Waals surface area contributed by atoms with Crippen LogP contribution in [0.4, 0.5) is 5.82 Å². The van der Waals surface area contributed by atoms with E-state index in [0.29, 0.717) is 12.4 Å². The molecule has 1 fully saturated rings. The van der Waals surface area contributed by atoms with Gasteiger partial charge in [0, 0.05) is 49.3 Å². The van der Waals surface area contributed by atoms with Crippen LogP contribution in [-0.2, 0) is 12.5 Å². The standard InChI is InChI=1S/C23H29N9O2/c1-22(2,3)21-28-18(29-34-21)20(33)24-13-23(4)7-9-31(14-23)19-17-6-8-25-32(17)12-16(27-19)15-10-26-30(5)11-15/h6,8,10-12H,7,9,13-14H2,1-5H3,(H,24,33). The van der Waals surface area contributed by atoms with Gasteiger partial charge in [0.2, 0.25) is 5.89 Å². The summed E-state index contributed by atoms with van der Waals surface area (Å²) >= 11 is 0. The Hall–Kier alpha value is -3.76. The van der Waals surface area contributed by atoms with Gasteiger partial charge in [-0.2, -0.15) is 15.2 Å². The molecule has 4 aromatic heterocycles. The van der Waals surface area contributed by atoms with Gasteiger partial charge < -0.3 is 14.7 Å². The first-order valence-corrected chi connectivity index (χ1v) is 11.3. The summed E-state index contributed by atoms with van der Waals surface area (Å²) in [5.74, 6) is 1.06. The van der Waals surface area contributed by atoms with Gasteiger partial charge in [-0.1, -0.05) is 32.9 Å². The van der Waals surface area contributed by atoms with Crippen molar-refractivity contribution in [2.45, 2.75) is 39.5 Å². The minimum atomic E-state index is -0.325. The molecule has 4 aromatic rings. The van der Waals surface area contributed by atoms with Gasteiger partial charge in [-0.3, -0.25) is 9.48 Å². The van der Waals surface area contributed by atoms with Crippen LogP contribution in [0.25, 0.3) is 16.8 Å². The van der Waals surface area contributed by atoms with Crippen LogP contribution in [0.1, 0.15) is 50.6 Å². The van der Waals surface area contributed by atoms with Crippen LogP contribution in [0, 0.1) is 5.41 Å². The molecule has 5 heterocycles. The van der Waals surface area contributed by atoms with Gasteiger partial charge in [-0.05, 0) is 12.5 Å². The lowest BCUT2D eigenvalue weighted by Crippen LogP contribution is -2.38. The molecule has 0 aliphatic carbocycles. The van der Waals surface area contributed by atoms with Crippen molar-refractivity contribution in [3.8, 4) is 11.3 Å². The summed E-state index contributed by atoms with van der Waals surface area (Å²) < 4.78 is 8.86. The van der Waals surface area contributed by atoms with Gasteiger partial charge >= 0.3 is 0 Å². The number of aryl methyl sites for hydroxylation is 1. The molecule has 1 unspecified atom stereocenters. The average Bonchev–Trinajstić information content (AvgIpc) is 3.56. The van der Waals surface area contributed by atoms with Crippen LogP contribution in [0.2, 0.25) is 0 Å². The summed E-state index contributed by atoms with van der Waals surface area (Å²) in [6.07, 6.45) is 8.34. The Kier molecular flexibility index (Phi) is 5.14. The molecule has 0 radical (unpaired) electrons. The molecule has 0 saturated carbocycles. The van der Waals surface area contributed by atoms with E-state index in [4.69, 9.17) is 9.51 Å². The van der Waals surface area contributed by atoms with E-state index in [1.54, 1.807) is 17.1 Å². The number of amides is 1. The third kappa shape index (κ3) is 4.13. The second-order valence-corrected chi connectivity index (χ2v) is 10.4. The normalized spacial score (nSPS) is 18.7. The van der Waals surface area contributed by atoms with E-state index in [1.165, 1.54) is 0 Å². The number of hydrogen-bond donors (Lipinski definition) is 1. The summed E-state index contributed by atoms with van der Waals surface area (Å²) in [5, 5.41) is 15.5. The van der Waals surface area contributed by atoms with Crippen molar-refractivity contribution in [3.63, 3.8) is 0 Å². The van der Waals surface area contributed by atoms with Crippen molar-refractivity contribution < 1.29 is 9.32 Å². The van der Waals surface area contributed by atoms with Crippen LogP contribution in [0.5, 0.6) is 0 Å². The molecule has 1 amide bonds. The summed E-state index contributed by atoms with van der Waals surface area (Å²) in [6.45, 7) is 10.1. The molecule has 34 heavy (non-hydrogen) atoms. The molecule has 1 aliphatic heterocycles. The number of carbonyl (C=O) groups is 1. The fraction of sp³-hybridized carbons (Fsp3) is 0.478. The number of fused-ring (bicyclic) bond motifs is 1. The Bertz CT molecular complexity index is 1350. The Balaban J connectivity index is 1.32. The predicted molar refractivity (Wildman–Crippen MR) is 125 cm³/mol. The maximum Gasteiger partial charge on any atom is 0.292 e. The molecule has 1 saturated heterocycles. The lowest BCUT2D eigenvalue weighted by Gasteiger charge is -2.25. The molecule has 1 N–H and O–H groups in total. The van der Waals surface area contributed by atoms with Gasteiger partial charge in [0.25, 0.3) is 11.7 Å². The van der Waals surface area contributed by atoms with E-state index < -0.39 is 0 Å². The predicted octanol–water partition coefficient (Wildman–Crippen LogP) is 2.46. The fourth-order valence-electron chi connectivity index (χ4n) is 4.18. The van der Waals surface area contributed by atoms with Crippen molar-refractivity contribution in [2.24, 2.45) is 12.5 Å². The third-order valence-electron chi connectivity index (χ3n) is 6.17. The zero-order valence-electron chi connectivity index (χ0n) is 20.1. The highest BCUT2D eigenvalue weighted by Crippen LogP contribution is 2.35. The largest absolute Gasteiger partial charge is 0.354 e. The molecular weight excluding hydrogens is 434 g/mol. The Labute approximate surface area is 197 Å². The lowest BCUT2D eigenvalue weighted by molar-refractivity contribution is 0.0923. The first-order chi connectivity index (χ1) is 16.1. The maximum absolute atomic E-state index is 12.6. The molecule has 11 heteroatoms. The first kappa shape index (κ1) is 22.1. The summed E-state index contributed by atoms with van der Waals surface area (Å²) in [6, 6.07) is 1.97. The number of hydrogen-bond acceptors (Lipinski definition) is 8. The van der Waals surface area contributed by atoms with Crippen LogP contribution < -0.4 is 10.2 Å². The van der Waals surface area contributed by atoms with Crippen molar-refractivity contribution in [1.29, 1.82) is 0 Å². The molecule has 0 spiro atoms. The van der Waals surface area contributed by atoms with E-state index in [0.717, 1.165) is 42.1 Å². The molecule has 1 atom stereocenters. The number of aromatic nitrogens is 7. The highest BCUT2D eigenvalue weighted by Gasteiger charge is 2.36. The highest BCUT2D eigenvalue weighted by molar-refractivity contribution is 5.90. The second kappa shape index (κ2) is 7.93. The Morgan fingerprint density at radius 1 is 1.24 bits per heavy atom. The molecular formula is C23H29N9O2. The van der Waals surface area contributed by atoms with Gasteiger partial charge in [0.05, 0.1) is 24.3 Å². The van der Waals surface area contributed by atoms with Gasteiger partial charge in [-0.25, -0.2) is 9.50 Å². The van der Waals surface area contributed by atoms with E-state index in [1.807, 2.05) is 50.8 Å². The molecule has 1 aliphatic rings. The third-order valence-corrected chi connectivity index (χ3v) is 6.17. The summed E-state index contributed by atoms with van der Waals surface area (Å²) in [4.78, 5) is 24.1. The van der Waals surface area contributed by atoms with Crippen LogP contribution in [0.3, 0.4) is 0 Å². The SMILES string of the molecule is Cn1cc(-c2cn3nccc3c(N3CCC(C)(CNC(=O)c4noc(C(C)(C)C)n4)C3)n2)cn1. The number of nitrogens with one attached hydrogen (secondary N) is 1. The molecule has 5 rings (SSSR count). The van der Waals surface area contributed by atoms with Crippen molar-refractivity contribution in [3.05, 3.63) is 42.6 Å². The fourth-order valence-corrected chi connectivity index (χ4v) is 4.18. The molecule has 11 nitrogen and oxygen atoms in total. The first-order valence-electron chi connectivity index (χ1n) is 11.3. The van der Waals surface area contributed by atoms with Crippen molar-refractivity contribution in [2.75, 3.05) is 24.5 Å². The van der Waals surface area contributed by atoms with E-state index in [2.05, 4.69) is 37.5 Å².